The van der Waals surface area contributed by atoms with Gasteiger partial charge in [-0.15, -0.1) is 0 Å². The Labute approximate surface area is 164 Å². The molecule has 3 heteroatoms. The van der Waals surface area contributed by atoms with Gasteiger partial charge in [-0.2, -0.15) is 0 Å². The molecule has 0 aliphatic heterocycles. The van der Waals surface area contributed by atoms with Crippen LogP contribution in [0.1, 0.15) is 23.6 Å². The lowest BCUT2D eigenvalue weighted by atomic mass is 9.80. The number of hydrogen-bond donors (Lipinski definition) is 0. The first kappa shape index (κ1) is 19.1. The largest absolute Gasteiger partial charge is 0.360 e. The van der Waals surface area contributed by atoms with E-state index in [0.717, 1.165) is 28.2 Å². The zero-order valence-corrected chi connectivity index (χ0v) is 16.6. The highest BCUT2D eigenvalue weighted by atomic mass is 33.1. The number of rotatable bonds is 9. The van der Waals surface area contributed by atoms with Crippen LogP contribution in [0.25, 0.3) is 0 Å². The summed E-state index contributed by atoms with van der Waals surface area (Å²) in [5.41, 5.74) is 2.88. The van der Waals surface area contributed by atoms with Crippen LogP contribution < -0.4 is 0 Å². The van der Waals surface area contributed by atoms with Crippen molar-refractivity contribution < 1.29 is 4.74 Å². The first-order chi connectivity index (χ1) is 12.9. The lowest BCUT2D eigenvalue weighted by Crippen LogP contribution is -2.33. The van der Waals surface area contributed by atoms with E-state index in [-0.39, 0.29) is 0 Å². The van der Waals surface area contributed by atoms with Crippen molar-refractivity contribution in [3.8, 4) is 0 Å². The van der Waals surface area contributed by atoms with Gasteiger partial charge in [-0.3, -0.25) is 0 Å². The van der Waals surface area contributed by atoms with E-state index in [1.54, 1.807) is 0 Å². The van der Waals surface area contributed by atoms with Crippen LogP contribution in [0.5, 0.6) is 0 Å². The highest BCUT2D eigenvalue weighted by Crippen LogP contribution is 2.40. The van der Waals surface area contributed by atoms with Gasteiger partial charge in [0, 0.05) is 11.5 Å². The van der Waals surface area contributed by atoms with Crippen LogP contribution in [0, 0.1) is 0 Å². The molecule has 134 valence electrons. The lowest BCUT2D eigenvalue weighted by molar-refractivity contribution is 0.0234. The Hall–Kier alpha value is -1.68. The van der Waals surface area contributed by atoms with E-state index in [2.05, 4.69) is 97.9 Å². The van der Waals surface area contributed by atoms with Gasteiger partial charge in [0.1, 0.15) is 5.60 Å². The van der Waals surface area contributed by atoms with Crippen LogP contribution in [0.4, 0.5) is 0 Å². The Kier molecular flexibility index (Phi) is 7.24. The fraction of sp³-hybridized carbons (Fsp3) is 0.217. The van der Waals surface area contributed by atoms with Gasteiger partial charge in [-0.25, -0.2) is 0 Å². The monoisotopic (exact) mass is 380 g/mol. The summed E-state index contributed by atoms with van der Waals surface area (Å²) in [5.74, 6) is 2.08. The van der Waals surface area contributed by atoms with Crippen molar-refractivity contribution >= 4 is 21.6 Å². The number of ether oxygens (including phenoxy) is 1. The van der Waals surface area contributed by atoms with E-state index < -0.39 is 5.60 Å². The van der Waals surface area contributed by atoms with Crippen molar-refractivity contribution in [1.82, 2.24) is 0 Å². The van der Waals surface area contributed by atoms with E-state index >= 15 is 0 Å². The summed E-state index contributed by atoms with van der Waals surface area (Å²) >= 11 is 0. The zero-order valence-electron chi connectivity index (χ0n) is 15.0. The number of hydrogen-bond acceptors (Lipinski definition) is 3. The van der Waals surface area contributed by atoms with Gasteiger partial charge in [0.05, 0.1) is 6.61 Å². The van der Waals surface area contributed by atoms with Gasteiger partial charge >= 0.3 is 0 Å². The van der Waals surface area contributed by atoms with Gasteiger partial charge in [0.15, 0.2) is 0 Å². The van der Waals surface area contributed by atoms with Crippen molar-refractivity contribution in [2.24, 2.45) is 0 Å². The molecule has 0 N–H and O–H groups in total. The van der Waals surface area contributed by atoms with Crippen LogP contribution in [0.15, 0.2) is 91.0 Å². The fourth-order valence-corrected chi connectivity index (χ4v) is 4.63. The predicted molar refractivity (Wildman–Crippen MR) is 116 cm³/mol. The molecular formula is C23H24OS2. The highest BCUT2D eigenvalue weighted by molar-refractivity contribution is 8.76. The molecule has 0 heterocycles. The SMILES string of the molecule is CCSSCCOC(c1ccccc1)(c1ccccc1)c1ccccc1. The molecule has 0 radical (unpaired) electrons. The van der Waals surface area contributed by atoms with E-state index in [0.29, 0.717) is 6.61 Å². The van der Waals surface area contributed by atoms with Crippen molar-refractivity contribution in [2.45, 2.75) is 12.5 Å². The second-order valence-electron chi connectivity index (χ2n) is 5.86. The van der Waals surface area contributed by atoms with E-state index in [1.807, 2.05) is 21.6 Å². The predicted octanol–water partition coefficient (Wildman–Crippen LogP) is 6.40. The topological polar surface area (TPSA) is 9.23 Å². The molecule has 0 spiro atoms. The lowest BCUT2D eigenvalue weighted by Gasteiger charge is -2.36. The summed E-state index contributed by atoms with van der Waals surface area (Å²) in [6, 6.07) is 31.6. The molecule has 3 rings (SSSR count). The van der Waals surface area contributed by atoms with Gasteiger partial charge in [0.2, 0.25) is 0 Å². The summed E-state index contributed by atoms with van der Waals surface area (Å²) in [4.78, 5) is 0. The van der Waals surface area contributed by atoms with Gasteiger partial charge in [-0.1, -0.05) is 120 Å². The third-order valence-corrected chi connectivity index (χ3v) is 6.67. The molecule has 0 saturated carbocycles. The van der Waals surface area contributed by atoms with Crippen molar-refractivity contribution in [2.75, 3.05) is 18.1 Å². The fourth-order valence-electron chi connectivity index (χ4n) is 3.14. The summed E-state index contributed by atoms with van der Waals surface area (Å²) in [6.45, 7) is 2.87. The second-order valence-corrected chi connectivity index (χ2v) is 8.73. The highest BCUT2D eigenvalue weighted by Gasteiger charge is 2.37. The number of benzene rings is 3. The first-order valence-corrected chi connectivity index (χ1v) is 11.4. The Morgan fingerprint density at radius 2 is 1.08 bits per heavy atom. The molecule has 0 unspecified atom stereocenters. The van der Waals surface area contributed by atoms with Crippen LogP contribution >= 0.6 is 21.6 Å². The standard InChI is InChI=1S/C23H24OS2/c1-2-25-26-19-18-24-23(20-12-6-3-7-13-20,21-14-8-4-9-15-21)22-16-10-5-11-17-22/h3-17H,2,18-19H2,1H3. The van der Waals surface area contributed by atoms with Crippen LogP contribution in [0.3, 0.4) is 0 Å². The molecule has 0 aliphatic carbocycles. The van der Waals surface area contributed by atoms with Gasteiger partial charge < -0.3 is 4.74 Å². The molecule has 3 aromatic rings. The molecule has 0 atom stereocenters. The molecular weight excluding hydrogens is 356 g/mol. The zero-order chi connectivity index (χ0) is 18.1. The summed E-state index contributed by atoms with van der Waals surface area (Å²) in [6.07, 6.45) is 0. The van der Waals surface area contributed by atoms with E-state index in [1.165, 1.54) is 0 Å². The Balaban J connectivity index is 2.06. The smallest absolute Gasteiger partial charge is 0.143 e. The van der Waals surface area contributed by atoms with Crippen LogP contribution in [-0.4, -0.2) is 18.1 Å². The normalized spacial score (nSPS) is 11.4. The van der Waals surface area contributed by atoms with Crippen LogP contribution in [0.2, 0.25) is 0 Å². The Morgan fingerprint density at radius 3 is 1.46 bits per heavy atom. The molecule has 0 fully saturated rings. The Morgan fingerprint density at radius 1 is 0.654 bits per heavy atom. The minimum atomic E-state index is -0.596. The summed E-state index contributed by atoms with van der Waals surface area (Å²) < 4.78 is 6.70. The molecule has 0 amide bonds. The molecule has 3 aromatic carbocycles. The Bertz CT molecular complexity index is 663. The van der Waals surface area contributed by atoms with Crippen molar-refractivity contribution in [3.05, 3.63) is 108 Å². The van der Waals surface area contributed by atoms with Gasteiger partial charge in [-0.05, 0) is 16.7 Å². The minimum absolute atomic E-state index is 0.596. The second kappa shape index (κ2) is 9.86. The quantitative estimate of drug-likeness (QED) is 0.242. The molecule has 0 aromatic heterocycles. The minimum Gasteiger partial charge on any atom is -0.360 e. The van der Waals surface area contributed by atoms with E-state index in [9.17, 15) is 0 Å². The van der Waals surface area contributed by atoms with E-state index in [4.69, 9.17) is 4.74 Å². The molecule has 26 heavy (non-hydrogen) atoms. The molecule has 1 nitrogen and oxygen atoms in total. The summed E-state index contributed by atoms with van der Waals surface area (Å²) in [7, 11) is 3.75. The maximum atomic E-state index is 6.70. The third-order valence-electron chi connectivity index (χ3n) is 4.23. The first-order valence-electron chi connectivity index (χ1n) is 8.93. The molecule has 0 aliphatic rings. The average molecular weight is 381 g/mol. The van der Waals surface area contributed by atoms with Crippen LogP contribution in [-0.2, 0) is 10.3 Å². The summed E-state index contributed by atoms with van der Waals surface area (Å²) in [5, 5.41) is 0. The van der Waals surface area contributed by atoms with Crippen molar-refractivity contribution in [3.63, 3.8) is 0 Å². The average Bonchev–Trinajstić information content (AvgIpc) is 2.73. The molecule has 0 bridgehead atoms. The molecule has 0 saturated heterocycles. The van der Waals surface area contributed by atoms with Crippen molar-refractivity contribution in [1.29, 1.82) is 0 Å². The maximum Gasteiger partial charge on any atom is 0.143 e. The third kappa shape index (κ3) is 4.35. The maximum absolute atomic E-state index is 6.70. The van der Waals surface area contributed by atoms with Gasteiger partial charge in [0.25, 0.3) is 0 Å².